The maximum atomic E-state index is 12.8. The van der Waals surface area contributed by atoms with Crippen molar-refractivity contribution in [2.45, 2.75) is 27.4 Å². The summed E-state index contributed by atoms with van der Waals surface area (Å²) in [5.74, 6) is -1.32. The molecule has 34 heavy (non-hydrogen) atoms. The molecule has 0 aliphatic carbocycles. The van der Waals surface area contributed by atoms with Gasteiger partial charge in [0.05, 0.1) is 16.4 Å². The van der Waals surface area contributed by atoms with Crippen LogP contribution < -0.4 is 9.64 Å². The molecule has 2 heterocycles. The Kier molecular flexibility index (Phi) is 8.06. The van der Waals surface area contributed by atoms with Crippen molar-refractivity contribution in [2.24, 2.45) is 0 Å². The number of rotatable bonds is 6. The van der Waals surface area contributed by atoms with Crippen LogP contribution in [0.1, 0.15) is 25.1 Å². The van der Waals surface area contributed by atoms with Crippen LogP contribution in [0.15, 0.2) is 35.1 Å². The molecule has 0 N–H and O–H groups in total. The van der Waals surface area contributed by atoms with Crippen LogP contribution in [-0.4, -0.2) is 45.8 Å². The molecule has 3 rings (SSSR count). The molecule has 0 bridgehead atoms. The minimum Gasteiger partial charge on any atom is -0.485 e. The topological polar surface area (TPSA) is 93.4 Å². The molecule has 2 amide bonds. The highest BCUT2D eigenvalue weighted by Gasteiger charge is 2.23. The number of likely N-dealkylation sites (N-methyl/N-ethyl adjacent to an activating group) is 1. The third-order valence-corrected chi connectivity index (χ3v) is 6.59. The second-order valence-corrected chi connectivity index (χ2v) is 8.83. The minimum atomic E-state index is -0.718. The lowest BCUT2D eigenvalue weighted by atomic mass is 10.2. The predicted octanol–water partition coefficient (Wildman–Crippen LogP) is 4.58. The second kappa shape index (κ2) is 10.6. The van der Waals surface area contributed by atoms with Crippen molar-refractivity contribution in [1.29, 1.82) is 0 Å². The summed E-state index contributed by atoms with van der Waals surface area (Å²) in [4.78, 5) is 46.2. The lowest BCUT2D eigenvalue weighted by molar-refractivity contribution is -0.195. The number of imidazole rings is 1. The number of fused-ring (bicyclic) bond motifs is 1. The van der Waals surface area contributed by atoms with E-state index in [9.17, 15) is 14.4 Å². The Bertz CT molecular complexity index is 1280. The van der Waals surface area contributed by atoms with Gasteiger partial charge in [0.2, 0.25) is 5.91 Å². The van der Waals surface area contributed by atoms with Crippen molar-refractivity contribution in [3.05, 3.63) is 56.4 Å². The van der Waals surface area contributed by atoms with Crippen molar-refractivity contribution >= 4 is 68.3 Å². The van der Waals surface area contributed by atoms with Gasteiger partial charge in [0.1, 0.15) is 17.8 Å². The number of ether oxygens (including phenoxy) is 1. The molecule has 0 atom stereocenters. The van der Waals surface area contributed by atoms with Crippen molar-refractivity contribution < 1.29 is 24.0 Å². The van der Waals surface area contributed by atoms with E-state index in [1.54, 1.807) is 18.2 Å². The first-order chi connectivity index (χ1) is 16.0. The zero-order valence-electron chi connectivity index (χ0n) is 18.8. The van der Waals surface area contributed by atoms with Gasteiger partial charge in [0, 0.05) is 37.7 Å². The highest BCUT2D eigenvalue weighted by molar-refractivity contribution is 9.10. The van der Waals surface area contributed by atoms with Gasteiger partial charge in [0.25, 0.3) is 5.91 Å². The van der Waals surface area contributed by atoms with Crippen LogP contribution in [0.4, 0.5) is 5.69 Å². The van der Waals surface area contributed by atoms with E-state index in [-0.39, 0.29) is 11.6 Å². The quantitative estimate of drug-likeness (QED) is 0.402. The highest BCUT2D eigenvalue weighted by Crippen LogP contribution is 2.35. The fraction of sp³-hybridized carbons (Fsp3) is 0.273. The predicted molar refractivity (Wildman–Crippen MR) is 131 cm³/mol. The van der Waals surface area contributed by atoms with Crippen LogP contribution in [0.2, 0.25) is 10.0 Å². The number of amides is 2. The number of halogens is 3. The van der Waals surface area contributed by atoms with Crippen molar-refractivity contribution in [2.75, 3.05) is 18.5 Å². The van der Waals surface area contributed by atoms with Gasteiger partial charge in [-0.1, -0.05) is 23.2 Å². The molecule has 12 heteroatoms. The average Bonchev–Trinajstić information content (AvgIpc) is 3.06. The SMILES string of the molecule is CC(=O)ON(CC(=O)N(C)c1ccc(Cl)c(COc2cccn3c(Br)c(C)nc23)c1Cl)C(C)=O. The van der Waals surface area contributed by atoms with E-state index in [0.717, 1.165) is 17.2 Å². The Morgan fingerprint density at radius 3 is 2.53 bits per heavy atom. The standard InChI is InChI=1S/C22H21BrCl2N4O5/c1-12-21(23)28-9-5-6-18(22(28)26-12)33-11-15-16(24)7-8-17(20(15)25)27(4)19(32)10-29(13(2)30)34-14(3)31/h5-9H,10-11H2,1-4H3. The average molecular weight is 572 g/mol. The Balaban J connectivity index is 1.83. The normalized spacial score (nSPS) is 10.8. The molecule has 9 nitrogen and oxygen atoms in total. The molecule has 180 valence electrons. The summed E-state index contributed by atoms with van der Waals surface area (Å²) in [6.07, 6.45) is 1.85. The number of aromatic nitrogens is 2. The first-order valence-corrected chi connectivity index (χ1v) is 11.5. The number of hydrogen-bond donors (Lipinski definition) is 0. The van der Waals surface area contributed by atoms with Crippen molar-refractivity contribution in [3.8, 4) is 5.75 Å². The van der Waals surface area contributed by atoms with E-state index in [2.05, 4.69) is 20.9 Å². The molecule has 2 aromatic heterocycles. The number of carbonyl (C=O) groups is 3. The number of benzene rings is 1. The van der Waals surface area contributed by atoms with Gasteiger partial charge in [0.15, 0.2) is 11.4 Å². The number of hydrogen-bond acceptors (Lipinski definition) is 6. The molecule has 0 saturated heterocycles. The lowest BCUT2D eigenvalue weighted by Crippen LogP contribution is -2.41. The summed E-state index contributed by atoms with van der Waals surface area (Å²) in [7, 11) is 1.49. The number of anilines is 1. The summed E-state index contributed by atoms with van der Waals surface area (Å²) >= 11 is 16.5. The van der Waals surface area contributed by atoms with Crippen LogP contribution in [0.25, 0.3) is 5.65 Å². The maximum Gasteiger partial charge on any atom is 0.329 e. The largest absolute Gasteiger partial charge is 0.485 e. The van der Waals surface area contributed by atoms with E-state index in [0.29, 0.717) is 32.7 Å². The third kappa shape index (κ3) is 5.45. The molecule has 0 aliphatic rings. The van der Waals surface area contributed by atoms with Gasteiger partial charge < -0.3 is 14.5 Å². The number of pyridine rings is 1. The molecule has 0 radical (unpaired) electrons. The smallest absolute Gasteiger partial charge is 0.329 e. The lowest BCUT2D eigenvalue weighted by Gasteiger charge is -2.24. The highest BCUT2D eigenvalue weighted by atomic mass is 79.9. The summed E-state index contributed by atoms with van der Waals surface area (Å²) in [5, 5.41) is 1.24. The molecular weight excluding hydrogens is 551 g/mol. The molecule has 1 aromatic carbocycles. The van der Waals surface area contributed by atoms with E-state index >= 15 is 0 Å². The Morgan fingerprint density at radius 2 is 1.88 bits per heavy atom. The molecule has 0 unspecified atom stereocenters. The summed E-state index contributed by atoms with van der Waals surface area (Å²) in [6.45, 7) is 3.73. The zero-order valence-corrected chi connectivity index (χ0v) is 21.9. The van der Waals surface area contributed by atoms with Gasteiger partial charge in [-0.05, 0) is 47.1 Å². The molecule has 3 aromatic rings. The second-order valence-electron chi connectivity index (χ2n) is 7.29. The summed E-state index contributed by atoms with van der Waals surface area (Å²) in [6, 6.07) is 6.77. The fourth-order valence-corrected chi connectivity index (χ4v) is 4.07. The van der Waals surface area contributed by atoms with Gasteiger partial charge in [-0.15, -0.1) is 0 Å². The Morgan fingerprint density at radius 1 is 1.18 bits per heavy atom. The van der Waals surface area contributed by atoms with Crippen LogP contribution in [-0.2, 0) is 25.8 Å². The van der Waals surface area contributed by atoms with Crippen LogP contribution in [0.5, 0.6) is 5.75 Å². The van der Waals surface area contributed by atoms with Crippen molar-refractivity contribution in [1.82, 2.24) is 14.4 Å². The van der Waals surface area contributed by atoms with E-state index in [1.807, 2.05) is 23.6 Å². The van der Waals surface area contributed by atoms with Gasteiger partial charge in [-0.3, -0.25) is 18.8 Å². The molecule has 0 fully saturated rings. The van der Waals surface area contributed by atoms with E-state index < -0.39 is 24.3 Å². The molecular formula is C22H21BrCl2N4O5. The molecule has 0 spiro atoms. The van der Waals surface area contributed by atoms with E-state index in [4.69, 9.17) is 32.8 Å². The third-order valence-electron chi connectivity index (χ3n) is 4.86. The minimum absolute atomic E-state index is 0.0176. The van der Waals surface area contributed by atoms with Crippen molar-refractivity contribution in [3.63, 3.8) is 0 Å². The monoisotopic (exact) mass is 570 g/mol. The van der Waals surface area contributed by atoms with Gasteiger partial charge in [-0.2, -0.15) is 5.06 Å². The van der Waals surface area contributed by atoms with Gasteiger partial charge in [-0.25, -0.2) is 4.98 Å². The number of nitrogens with zero attached hydrogens (tertiary/aromatic N) is 4. The van der Waals surface area contributed by atoms with Crippen LogP contribution >= 0.6 is 39.1 Å². The number of hydroxylamine groups is 2. The van der Waals surface area contributed by atoms with Crippen LogP contribution in [0, 0.1) is 6.92 Å². The number of carbonyl (C=O) groups excluding carboxylic acids is 3. The Hall–Kier alpha value is -2.82. The molecule has 0 aliphatic heterocycles. The van der Waals surface area contributed by atoms with Crippen LogP contribution in [0.3, 0.4) is 0 Å². The zero-order chi connectivity index (χ0) is 25.2. The maximum absolute atomic E-state index is 12.8. The number of aryl methyl sites for hydroxylation is 1. The first kappa shape index (κ1) is 25.8. The first-order valence-electron chi connectivity index (χ1n) is 9.97. The Labute approximate surface area is 214 Å². The summed E-state index contributed by atoms with van der Waals surface area (Å²) in [5.41, 5.74) is 2.24. The summed E-state index contributed by atoms with van der Waals surface area (Å²) < 4.78 is 8.65. The molecule has 0 saturated carbocycles. The fourth-order valence-electron chi connectivity index (χ4n) is 3.09. The van der Waals surface area contributed by atoms with E-state index in [1.165, 1.54) is 18.9 Å². The van der Waals surface area contributed by atoms with Gasteiger partial charge >= 0.3 is 5.97 Å².